The maximum absolute atomic E-state index is 13.4. The molecule has 2 aliphatic heterocycles. The molecule has 0 bridgehead atoms. The molecule has 6 nitrogen and oxygen atoms in total. The van der Waals surface area contributed by atoms with Crippen molar-refractivity contribution in [3.05, 3.63) is 92.6 Å². The van der Waals surface area contributed by atoms with E-state index in [9.17, 15) is 9.59 Å². The Morgan fingerprint density at radius 1 is 1.00 bits per heavy atom. The Morgan fingerprint density at radius 3 is 2.53 bits per heavy atom. The highest BCUT2D eigenvalue weighted by molar-refractivity contribution is 8.14. The van der Waals surface area contributed by atoms with Crippen molar-refractivity contribution in [2.45, 2.75) is 0 Å². The molecule has 0 radical (unpaired) electrons. The zero-order valence-electron chi connectivity index (χ0n) is 18.5. The molecular formula is C26H17Cl3N2O4S. The number of carbonyl (C=O) groups is 2. The van der Waals surface area contributed by atoms with Gasteiger partial charge >= 0.3 is 0 Å². The molecule has 0 aromatic heterocycles. The van der Waals surface area contributed by atoms with Gasteiger partial charge in [-0.3, -0.25) is 14.5 Å². The van der Waals surface area contributed by atoms with Crippen LogP contribution in [0.4, 0.5) is 5.69 Å². The highest BCUT2D eigenvalue weighted by atomic mass is 35.5. The molecule has 0 atom stereocenters. The second-order valence-electron chi connectivity index (χ2n) is 7.76. The van der Waals surface area contributed by atoms with Crippen molar-refractivity contribution >= 4 is 75.2 Å². The largest absolute Gasteiger partial charge is 0.486 e. The number of amides is 1. The fourth-order valence-corrected chi connectivity index (χ4v) is 5.02. The summed E-state index contributed by atoms with van der Waals surface area (Å²) in [6, 6.07) is 17.1. The molecule has 5 rings (SSSR count). The van der Waals surface area contributed by atoms with Gasteiger partial charge in [0.2, 0.25) is 0 Å². The van der Waals surface area contributed by atoms with Gasteiger partial charge in [-0.25, -0.2) is 4.99 Å². The molecule has 2 heterocycles. The normalized spacial score (nSPS) is 15.9. The molecule has 0 saturated carbocycles. The summed E-state index contributed by atoms with van der Waals surface area (Å²) in [4.78, 5) is 32.3. The van der Waals surface area contributed by atoms with E-state index in [0.717, 1.165) is 17.3 Å². The van der Waals surface area contributed by atoms with Crippen LogP contribution >= 0.6 is 46.6 Å². The van der Waals surface area contributed by atoms with E-state index in [0.29, 0.717) is 51.2 Å². The summed E-state index contributed by atoms with van der Waals surface area (Å²) in [6.07, 6.45) is 1.65. The van der Waals surface area contributed by atoms with Gasteiger partial charge in [-0.2, -0.15) is 0 Å². The maximum atomic E-state index is 13.4. The minimum Gasteiger partial charge on any atom is -0.486 e. The zero-order valence-corrected chi connectivity index (χ0v) is 21.6. The van der Waals surface area contributed by atoms with E-state index in [4.69, 9.17) is 44.3 Å². The number of Topliss-reactive ketones (excluding diaryl/α,β-unsaturated/α-hetero) is 1. The Labute approximate surface area is 226 Å². The molecule has 36 heavy (non-hydrogen) atoms. The van der Waals surface area contributed by atoms with Crippen LogP contribution in [-0.4, -0.2) is 35.8 Å². The number of nitrogens with zero attached hydrogens (tertiary/aromatic N) is 2. The number of hydrogen-bond donors (Lipinski definition) is 0. The van der Waals surface area contributed by atoms with Gasteiger partial charge in [0.15, 0.2) is 22.4 Å². The summed E-state index contributed by atoms with van der Waals surface area (Å²) < 4.78 is 11.1. The van der Waals surface area contributed by atoms with Crippen LogP contribution in [0, 0.1) is 0 Å². The van der Waals surface area contributed by atoms with Crippen LogP contribution in [0.3, 0.4) is 0 Å². The van der Waals surface area contributed by atoms with Crippen LogP contribution in [0.25, 0.3) is 6.08 Å². The highest BCUT2D eigenvalue weighted by Crippen LogP contribution is 2.38. The van der Waals surface area contributed by atoms with E-state index < -0.39 is 0 Å². The maximum Gasteiger partial charge on any atom is 0.283 e. The van der Waals surface area contributed by atoms with Crippen molar-refractivity contribution in [2.24, 2.45) is 4.99 Å². The first-order chi connectivity index (χ1) is 17.4. The van der Waals surface area contributed by atoms with E-state index in [-0.39, 0.29) is 28.2 Å². The molecule has 10 heteroatoms. The quantitative estimate of drug-likeness (QED) is 0.255. The number of fused-ring (bicyclic) bond motifs is 1. The Bertz CT molecular complexity index is 1420. The standard InChI is InChI=1S/C26H17Cl3N2O4S/c27-17-7-4-15(5-8-17)12-19-25(33)31(20-3-1-2-18(28)24(20)29)26(30-19)36-14-21(32)16-6-9-22-23(13-16)35-11-10-34-22/h1-9,12-13H,10-11,14H2. The predicted octanol–water partition coefficient (Wildman–Crippen LogP) is 6.78. The number of ether oxygens (including phenoxy) is 2. The van der Waals surface area contributed by atoms with Gasteiger partial charge in [0, 0.05) is 10.6 Å². The van der Waals surface area contributed by atoms with E-state index >= 15 is 0 Å². The average Bonchev–Trinajstić information content (AvgIpc) is 3.19. The topological polar surface area (TPSA) is 68.2 Å². The Morgan fingerprint density at radius 2 is 1.75 bits per heavy atom. The fourth-order valence-electron chi connectivity index (χ4n) is 3.62. The van der Waals surface area contributed by atoms with Crippen molar-refractivity contribution < 1.29 is 19.1 Å². The molecule has 3 aromatic rings. The van der Waals surface area contributed by atoms with Crippen molar-refractivity contribution in [1.29, 1.82) is 0 Å². The molecule has 182 valence electrons. The third kappa shape index (κ3) is 5.11. The number of thioether (sulfide) groups is 1. The molecule has 0 N–H and O–H groups in total. The van der Waals surface area contributed by atoms with E-state index in [2.05, 4.69) is 4.99 Å². The summed E-state index contributed by atoms with van der Waals surface area (Å²) in [6.45, 7) is 0.897. The van der Waals surface area contributed by atoms with Gasteiger partial charge in [0.05, 0.1) is 21.5 Å². The minimum atomic E-state index is -0.386. The molecule has 1 amide bonds. The third-order valence-electron chi connectivity index (χ3n) is 5.37. The lowest BCUT2D eigenvalue weighted by molar-refractivity contribution is -0.113. The SMILES string of the molecule is O=C(CSC1=NC(=Cc2ccc(Cl)cc2)C(=O)N1c1cccc(Cl)c1Cl)c1ccc2c(c1)OCCO2. The molecule has 0 saturated heterocycles. The Kier molecular flexibility index (Phi) is 7.25. The average molecular weight is 560 g/mol. The lowest BCUT2D eigenvalue weighted by Crippen LogP contribution is -2.31. The van der Waals surface area contributed by atoms with Crippen LogP contribution < -0.4 is 14.4 Å². The predicted molar refractivity (Wildman–Crippen MR) is 145 cm³/mol. The zero-order chi connectivity index (χ0) is 25.2. The molecular weight excluding hydrogens is 543 g/mol. The molecule has 0 fully saturated rings. The van der Waals surface area contributed by atoms with E-state index in [1.807, 2.05) is 0 Å². The summed E-state index contributed by atoms with van der Waals surface area (Å²) in [5.74, 6) is 0.637. The van der Waals surface area contributed by atoms with Crippen LogP contribution in [-0.2, 0) is 4.79 Å². The molecule has 3 aromatic carbocycles. The van der Waals surface area contributed by atoms with Crippen molar-refractivity contribution in [2.75, 3.05) is 23.9 Å². The van der Waals surface area contributed by atoms with Crippen LogP contribution in [0.1, 0.15) is 15.9 Å². The number of amidine groups is 1. The summed E-state index contributed by atoms with van der Waals surface area (Å²) in [5, 5.41) is 1.41. The number of halogens is 3. The smallest absolute Gasteiger partial charge is 0.283 e. The first-order valence-corrected chi connectivity index (χ1v) is 12.9. The van der Waals surface area contributed by atoms with Crippen molar-refractivity contribution in [3.63, 3.8) is 0 Å². The molecule has 2 aliphatic rings. The van der Waals surface area contributed by atoms with Crippen LogP contribution in [0.15, 0.2) is 71.4 Å². The number of aliphatic imine (C=N–C) groups is 1. The number of hydrogen-bond acceptors (Lipinski definition) is 6. The second kappa shape index (κ2) is 10.6. The summed E-state index contributed by atoms with van der Waals surface area (Å²) in [5.41, 5.74) is 1.80. The number of ketones is 1. The van der Waals surface area contributed by atoms with Crippen LogP contribution in [0.2, 0.25) is 15.1 Å². The molecule has 0 spiro atoms. The van der Waals surface area contributed by atoms with E-state index in [1.54, 1.807) is 66.7 Å². The Hall–Kier alpha value is -2.97. The molecule has 0 aliphatic carbocycles. The van der Waals surface area contributed by atoms with Crippen molar-refractivity contribution in [3.8, 4) is 11.5 Å². The fraction of sp³-hybridized carbons (Fsp3) is 0.115. The first-order valence-electron chi connectivity index (χ1n) is 10.8. The lowest BCUT2D eigenvalue weighted by atomic mass is 10.1. The first kappa shape index (κ1) is 24.7. The van der Waals surface area contributed by atoms with Gasteiger partial charge in [0.25, 0.3) is 5.91 Å². The van der Waals surface area contributed by atoms with Gasteiger partial charge in [-0.1, -0.05) is 64.8 Å². The van der Waals surface area contributed by atoms with Gasteiger partial charge in [-0.15, -0.1) is 0 Å². The van der Waals surface area contributed by atoms with Crippen molar-refractivity contribution in [1.82, 2.24) is 0 Å². The highest BCUT2D eigenvalue weighted by Gasteiger charge is 2.34. The summed E-state index contributed by atoms with van der Waals surface area (Å²) >= 11 is 19.8. The summed E-state index contributed by atoms with van der Waals surface area (Å²) in [7, 11) is 0. The lowest BCUT2D eigenvalue weighted by Gasteiger charge is -2.20. The van der Waals surface area contributed by atoms with Gasteiger partial charge < -0.3 is 9.47 Å². The number of benzene rings is 3. The number of carbonyl (C=O) groups excluding carboxylic acids is 2. The third-order valence-corrected chi connectivity index (χ3v) is 7.37. The molecule has 0 unspecified atom stereocenters. The van der Waals surface area contributed by atoms with Gasteiger partial charge in [-0.05, 0) is 54.1 Å². The monoisotopic (exact) mass is 558 g/mol. The minimum absolute atomic E-state index is 0.0364. The number of anilines is 1. The van der Waals surface area contributed by atoms with Crippen LogP contribution in [0.5, 0.6) is 11.5 Å². The second-order valence-corrected chi connectivity index (χ2v) is 9.92. The van der Waals surface area contributed by atoms with E-state index in [1.165, 1.54) is 4.90 Å². The van der Waals surface area contributed by atoms with Gasteiger partial charge in [0.1, 0.15) is 18.9 Å². The Balaban J connectivity index is 1.43. The number of rotatable bonds is 5.